The predicted molar refractivity (Wildman–Crippen MR) is 113 cm³/mol. The molecule has 5 nitrogen and oxygen atoms in total. The zero-order valence-electron chi connectivity index (χ0n) is 16.4. The van der Waals surface area contributed by atoms with Crippen LogP contribution in [0, 0.1) is 0 Å². The number of fused-ring (bicyclic) bond motifs is 1. The molecular weight excluding hydrogens is 358 g/mol. The van der Waals surface area contributed by atoms with Crippen LogP contribution in [0.1, 0.15) is 26.3 Å². The third-order valence-electron chi connectivity index (χ3n) is 5.32. The summed E-state index contributed by atoms with van der Waals surface area (Å²) in [6, 6.07) is 10.4. The Morgan fingerprint density at radius 2 is 1.70 bits per heavy atom. The second-order valence-electron chi connectivity index (χ2n) is 8.21. The summed E-state index contributed by atoms with van der Waals surface area (Å²) in [4.78, 5) is 14.0. The zero-order chi connectivity index (χ0) is 19.2. The van der Waals surface area contributed by atoms with Gasteiger partial charge in [0.15, 0.2) is 0 Å². The van der Waals surface area contributed by atoms with Crippen molar-refractivity contribution in [1.82, 2.24) is 14.5 Å². The monoisotopic (exact) mass is 383 g/mol. The highest BCUT2D eigenvalue weighted by Gasteiger charge is 2.24. The zero-order valence-corrected chi connectivity index (χ0v) is 17.2. The minimum Gasteiger partial charge on any atom is -0.352 e. The molecule has 1 aliphatic heterocycles. The molecule has 2 aromatic heterocycles. The van der Waals surface area contributed by atoms with E-state index in [0.29, 0.717) is 5.02 Å². The Balaban J connectivity index is 1.57. The molecule has 1 aliphatic rings. The number of imidazole rings is 1. The molecule has 27 heavy (non-hydrogen) atoms. The van der Waals surface area contributed by atoms with E-state index < -0.39 is 0 Å². The van der Waals surface area contributed by atoms with Crippen molar-refractivity contribution in [3.63, 3.8) is 0 Å². The van der Waals surface area contributed by atoms with E-state index in [1.807, 2.05) is 12.1 Å². The van der Waals surface area contributed by atoms with Crippen LogP contribution in [0.15, 0.2) is 36.5 Å². The van der Waals surface area contributed by atoms with E-state index in [4.69, 9.17) is 16.6 Å². The van der Waals surface area contributed by atoms with Gasteiger partial charge in [0, 0.05) is 39.4 Å². The molecule has 0 amide bonds. The first kappa shape index (κ1) is 18.1. The minimum atomic E-state index is 0.124. The largest absolute Gasteiger partial charge is 0.352 e. The van der Waals surface area contributed by atoms with Crippen LogP contribution < -0.4 is 9.80 Å². The molecule has 1 fully saturated rings. The van der Waals surface area contributed by atoms with Crippen molar-refractivity contribution in [3.8, 4) is 0 Å². The number of nitrogens with zero attached hydrogens (tertiary/aromatic N) is 5. The van der Waals surface area contributed by atoms with Gasteiger partial charge in [-0.1, -0.05) is 38.4 Å². The molecule has 0 N–H and O–H groups in total. The Hall–Kier alpha value is -2.27. The highest BCUT2D eigenvalue weighted by molar-refractivity contribution is 6.32. The van der Waals surface area contributed by atoms with Gasteiger partial charge in [-0.3, -0.25) is 0 Å². The normalized spacial score (nSPS) is 15.6. The summed E-state index contributed by atoms with van der Waals surface area (Å²) >= 11 is 6.31. The fourth-order valence-corrected chi connectivity index (χ4v) is 3.91. The van der Waals surface area contributed by atoms with E-state index in [2.05, 4.69) is 65.4 Å². The highest BCUT2D eigenvalue weighted by atomic mass is 35.5. The fraction of sp³-hybridized carbons (Fsp3) is 0.429. The molecule has 142 valence electrons. The molecule has 1 aromatic carbocycles. The Bertz CT molecular complexity index is 964. The molecule has 3 aromatic rings. The van der Waals surface area contributed by atoms with Crippen LogP contribution in [0.3, 0.4) is 0 Å². The number of anilines is 2. The van der Waals surface area contributed by atoms with Crippen molar-refractivity contribution >= 4 is 34.4 Å². The number of hydrogen-bond acceptors (Lipinski definition) is 4. The number of pyridine rings is 1. The van der Waals surface area contributed by atoms with Crippen molar-refractivity contribution in [2.45, 2.75) is 26.2 Å². The Labute approximate surface area is 165 Å². The van der Waals surface area contributed by atoms with E-state index >= 15 is 0 Å². The summed E-state index contributed by atoms with van der Waals surface area (Å²) in [6.07, 6.45) is 1.80. The number of rotatable bonds is 2. The quantitative estimate of drug-likeness (QED) is 0.663. The fourth-order valence-electron chi connectivity index (χ4n) is 3.66. The lowest BCUT2D eigenvalue weighted by molar-refractivity contribution is 0.591. The summed E-state index contributed by atoms with van der Waals surface area (Å²) in [5.74, 6) is 1.90. The second-order valence-corrected chi connectivity index (χ2v) is 8.61. The summed E-state index contributed by atoms with van der Waals surface area (Å²) in [5.41, 5.74) is 3.68. The summed E-state index contributed by atoms with van der Waals surface area (Å²) in [5, 5.41) is 0.711. The van der Waals surface area contributed by atoms with Crippen LogP contribution in [-0.2, 0) is 12.5 Å². The van der Waals surface area contributed by atoms with Crippen LogP contribution in [0.2, 0.25) is 5.02 Å². The molecule has 3 heterocycles. The van der Waals surface area contributed by atoms with Crippen molar-refractivity contribution in [2.75, 3.05) is 36.0 Å². The molecule has 0 unspecified atom stereocenters. The molecule has 1 saturated heterocycles. The third kappa shape index (κ3) is 3.36. The number of aryl methyl sites for hydroxylation is 1. The van der Waals surface area contributed by atoms with E-state index in [1.54, 1.807) is 6.20 Å². The molecular formula is C21H26ClN5. The van der Waals surface area contributed by atoms with Crippen LogP contribution in [-0.4, -0.2) is 40.7 Å². The lowest BCUT2D eigenvalue weighted by Crippen LogP contribution is -2.47. The van der Waals surface area contributed by atoms with Gasteiger partial charge < -0.3 is 14.4 Å². The van der Waals surface area contributed by atoms with Crippen molar-refractivity contribution < 1.29 is 0 Å². The van der Waals surface area contributed by atoms with E-state index in [0.717, 1.165) is 43.5 Å². The number of benzene rings is 1. The van der Waals surface area contributed by atoms with Crippen LogP contribution >= 0.6 is 11.6 Å². The molecule has 0 radical (unpaired) electrons. The van der Waals surface area contributed by atoms with Gasteiger partial charge in [0.05, 0.1) is 16.1 Å². The predicted octanol–water partition coefficient (Wildman–Crippen LogP) is 4.25. The second kappa shape index (κ2) is 6.71. The molecule has 0 bridgehead atoms. The standard InChI is InChI=1S/C21H26ClN5/c1-21(2,3)15-7-8-18-17(14-15)24-20(25(18)4)27-12-10-26(11-13-27)19-16(22)6-5-9-23-19/h5-9,14H,10-13H2,1-4H3. The first-order valence-corrected chi connectivity index (χ1v) is 9.80. The Morgan fingerprint density at radius 3 is 2.37 bits per heavy atom. The average Bonchev–Trinajstić information content (AvgIpc) is 2.98. The summed E-state index contributed by atoms with van der Waals surface area (Å²) in [6.45, 7) is 10.3. The lowest BCUT2D eigenvalue weighted by Gasteiger charge is -2.36. The maximum absolute atomic E-state index is 6.31. The number of piperazine rings is 1. The van der Waals surface area contributed by atoms with Gasteiger partial charge in [0.25, 0.3) is 0 Å². The maximum atomic E-state index is 6.31. The van der Waals surface area contributed by atoms with E-state index in [9.17, 15) is 0 Å². The van der Waals surface area contributed by atoms with Crippen LogP contribution in [0.4, 0.5) is 11.8 Å². The molecule has 0 atom stereocenters. The maximum Gasteiger partial charge on any atom is 0.206 e. The van der Waals surface area contributed by atoms with E-state index in [-0.39, 0.29) is 5.41 Å². The van der Waals surface area contributed by atoms with Crippen LogP contribution in [0.25, 0.3) is 11.0 Å². The summed E-state index contributed by atoms with van der Waals surface area (Å²) < 4.78 is 2.20. The van der Waals surface area contributed by atoms with Gasteiger partial charge in [-0.15, -0.1) is 0 Å². The topological polar surface area (TPSA) is 37.2 Å². The van der Waals surface area contributed by atoms with Gasteiger partial charge in [-0.2, -0.15) is 0 Å². The third-order valence-corrected chi connectivity index (χ3v) is 5.62. The highest BCUT2D eigenvalue weighted by Crippen LogP contribution is 2.29. The minimum absolute atomic E-state index is 0.124. The van der Waals surface area contributed by atoms with Crippen molar-refractivity contribution in [1.29, 1.82) is 0 Å². The molecule has 6 heteroatoms. The van der Waals surface area contributed by atoms with Gasteiger partial charge >= 0.3 is 0 Å². The number of aromatic nitrogens is 3. The lowest BCUT2D eigenvalue weighted by atomic mass is 9.87. The van der Waals surface area contributed by atoms with Crippen molar-refractivity contribution in [2.24, 2.45) is 7.05 Å². The molecule has 0 aliphatic carbocycles. The first-order valence-electron chi connectivity index (χ1n) is 9.42. The summed E-state index contributed by atoms with van der Waals surface area (Å²) in [7, 11) is 2.10. The Kier molecular flexibility index (Phi) is 4.50. The van der Waals surface area contributed by atoms with Gasteiger partial charge in [-0.05, 0) is 35.2 Å². The van der Waals surface area contributed by atoms with Gasteiger partial charge in [0.2, 0.25) is 5.95 Å². The van der Waals surface area contributed by atoms with E-state index in [1.165, 1.54) is 11.1 Å². The van der Waals surface area contributed by atoms with Gasteiger partial charge in [-0.25, -0.2) is 9.97 Å². The van der Waals surface area contributed by atoms with Crippen LogP contribution in [0.5, 0.6) is 0 Å². The first-order chi connectivity index (χ1) is 12.8. The molecule has 4 rings (SSSR count). The SMILES string of the molecule is Cn1c(N2CCN(c3ncccc3Cl)CC2)nc2cc(C(C)(C)C)ccc21. The molecule has 0 saturated carbocycles. The average molecular weight is 384 g/mol. The molecule has 0 spiro atoms. The smallest absolute Gasteiger partial charge is 0.206 e. The number of hydrogen-bond donors (Lipinski definition) is 0. The van der Waals surface area contributed by atoms with Gasteiger partial charge in [0.1, 0.15) is 5.82 Å². The Morgan fingerprint density at radius 1 is 1.00 bits per heavy atom. The van der Waals surface area contributed by atoms with Crippen molar-refractivity contribution in [3.05, 3.63) is 47.1 Å². The number of halogens is 1.